The molecule has 3 heterocycles. The molecule has 1 aliphatic heterocycles. The maximum absolute atomic E-state index is 6.21. The first kappa shape index (κ1) is 15.5. The second kappa shape index (κ2) is 7.22. The average Bonchev–Trinajstić information content (AvgIpc) is 3.07. The smallest absolute Gasteiger partial charge is 0.103 e. The predicted molar refractivity (Wildman–Crippen MR) is 85.7 cm³/mol. The van der Waals surface area contributed by atoms with E-state index in [1.54, 1.807) is 18.6 Å². The van der Waals surface area contributed by atoms with Crippen LogP contribution in [0.25, 0.3) is 0 Å². The summed E-state index contributed by atoms with van der Waals surface area (Å²) in [6, 6.07) is 4.13. The number of hydrogen-bond donors (Lipinski definition) is 2. The van der Waals surface area contributed by atoms with Gasteiger partial charge in [-0.3, -0.25) is 10.1 Å². The van der Waals surface area contributed by atoms with E-state index in [0.29, 0.717) is 10.9 Å². The third-order valence-electron chi connectivity index (χ3n) is 4.23. The van der Waals surface area contributed by atoms with E-state index in [9.17, 15) is 0 Å². The molecule has 118 valence electrons. The molecule has 0 aromatic carbocycles. The Balaban J connectivity index is 1.63. The van der Waals surface area contributed by atoms with Crippen LogP contribution in [0.4, 0.5) is 0 Å². The van der Waals surface area contributed by atoms with E-state index < -0.39 is 0 Å². The number of nitrogens with zero attached hydrogens (tertiary/aromatic N) is 2. The fraction of sp³-hybridized carbons (Fsp3) is 0.500. The Morgan fingerprint density at radius 3 is 3.14 bits per heavy atom. The van der Waals surface area contributed by atoms with E-state index in [4.69, 9.17) is 16.3 Å². The molecule has 0 spiro atoms. The molecule has 0 amide bonds. The summed E-state index contributed by atoms with van der Waals surface area (Å²) in [6.45, 7) is 3.81. The van der Waals surface area contributed by atoms with E-state index in [2.05, 4.69) is 27.4 Å². The molecule has 1 saturated heterocycles. The summed E-state index contributed by atoms with van der Waals surface area (Å²) in [6.07, 6.45) is 7.57. The Kier molecular flexibility index (Phi) is 5.08. The van der Waals surface area contributed by atoms with Gasteiger partial charge in [-0.1, -0.05) is 11.6 Å². The number of H-pyrrole nitrogens is 1. The van der Waals surface area contributed by atoms with Crippen LogP contribution in [0.1, 0.15) is 43.2 Å². The van der Waals surface area contributed by atoms with E-state index in [-0.39, 0.29) is 12.1 Å². The minimum absolute atomic E-state index is 0.0869. The molecule has 1 unspecified atom stereocenters. The third kappa shape index (κ3) is 3.48. The van der Waals surface area contributed by atoms with Crippen molar-refractivity contribution in [2.45, 2.75) is 31.9 Å². The van der Waals surface area contributed by atoms with Gasteiger partial charge in [-0.2, -0.15) is 5.10 Å². The molecular weight excluding hydrogens is 300 g/mol. The number of nitrogens with one attached hydrogen (secondary N) is 2. The number of aromatic nitrogens is 3. The van der Waals surface area contributed by atoms with Crippen LogP contribution in [-0.4, -0.2) is 28.3 Å². The Labute approximate surface area is 135 Å². The summed E-state index contributed by atoms with van der Waals surface area (Å²) in [7, 11) is 0. The standard InChI is InChI=1S/C16H21ClN4O/c1-11(13-4-6-18-10-14(13)17)19-9-12-3-2-8-22-16(12)15-5-7-20-21-15/h4-7,10-12,16,19H,2-3,8-9H2,1H3,(H,20,21)/t11?,12-,16+/m0/s1. The minimum Gasteiger partial charge on any atom is -0.372 e. The minimum atomic E-state index is 0.0869. The topological polar surface area (TPSA) is 62.8 Å². The molecule has 5 nitrogen and oxygen atoms in total. The molecule has 2 aromatic heterocycles. The molecule has 2 N–H and O–H groups in total. The Morgan fingerprint density at radius 2 is 2.36 bits per heavy atom. The zero-order chi connectivity index (χ0) is 15.4. The van der Waals surface area contributed by atoms with Crippen molar-refractivity contribution in [1.82, 2.24) is 20.5 Å². The van der Waals surface area contributed by atoms with Crippen molar-refractivity contribution >= 4 is 11.6 Å². The Bertz CT molecular complexity index is 590. The van der Waals surface area contributed by atoms with Crippen LogP contribution in [0.3, 0.4) is 0 Å². The summed E-state index contributed by atoms with van der Waals surface area (Å²) in [5.74, 6) is 0.428. The molecule has 22 heavy (non-hydrogen) atoms. The van der Waals surface area contributed by atoms with Crippen LogP contribution in [0.2, 0.25) is 5.02 Å². The van der Waals surface area contributed by atoms with Crippen LogP contribution < -0.4 is 5.32 Å². The van der Waals surface area contributed by atoms with Crippen LogP contribution in [0.5, 0.6) is 0 Å². The van der Waals surface area contributed by atoms with Crippen LogP contribution in [-0.2, 0) is 4.74 Å². The van der Waals surface area contributed by atoms with Gasteiger partial charge in [0.25, 0.3) is 0 Å². The number of rotatable bonds is 5. The van der Waals surface area contributed by atoms with Crippen molar-refractivity contribution in [1.29, 1.82) is 0 Å². The monoisotopic (exact) mass is 320 g/mol. The van der Waals surface area contributed by atoms with Crippen molar-refractivity contribution in [2.24, 2.45) is 5.92 Å². The van der Waals surface area contributed by atoms with E-state index in [1.807, 2.05) is 12.1 Å². The number of ether oxygens (including phenoxy) is 1. The molecular formula is C16H21ClN4O. The van der Waals surface area contributed by atoms with Gasteiger partial charge in [-0.25, -0.2) is 0 Å². The summed E-state index contributed by atoms with van der Waals surface area (Å²) >= 11 is 6.21. The van der Waals surface area contributed by atoms with Gasteiger partial charge in [-0.15, -0.1) is 0 Å². The number of aromatic amines is 1. The lowest BCUT2D eigenvalue weighted by molar-refractivity contribution is -0.0308. The Morgan fingerprint density at radius 1 is 1.45 bits per heavy atom. The fourth-order valence-electron chi connectivity index (χ4n) is 3.00. The third-order valence-corrected chi connectivity index (χ3v) is 4.55. The van der Waals surface area contributed by atoms with E-state index in [0.717, 1.165) is 37.3 Å². The van der Waals surface area contributed by atoms with Gasteiger partial charge in [0.1, 0.15) is 6.10 Å². The zero-order valence-corrected chi connectivity index (χ0v) is 13.4. The highest BCUT2D eigenvalue weighted by atomic mass is 35.5. The van der Waals surface area contributed by atoms with Gasteiger partial charge in [0.15, 0.2) is 0 Å². The molecule has 0 radical (unpaired) electrons. The molecule has 0 saturated carbocycles. The quantitative estimate of drug-likeness (QED) is 0.887. The second-order valence-electron chi connectivity index (χ2n) is 5.73. The lowest BCUT2D eigenvalue weighted by Gasteiger charge is -2.32. The van der Waals surface area contributed by atoms with Gasteiger partial charge in [0.05, 0.1) is 10.7 Å². The SMILES string of the molecule is CC(NC[C@@H]1CCCO[C@H]1c1ccn[nH]1)c1ccncc1Cl. The normalized spacial score (nSPS) is 23.4. The molecule has 1 fully saturated rings. The summed E-state index contributed by atoms with van der Waals surface area (Å²) in [5, 5.41) is 11.3. The lowest BCUT2D eigenvalue weighted by atomic mass is 9.91. The molecule has 0 aliphatic carbocycles. The van der Waals surface area contributed by atoms with Crippen molar-refractivity contribution in [3.05, 3.63) is 47.0 Å². The summed E-state index contributed by atoms with van der Waals surface area (Å²) in [5.41, 5.74) is 2.13. The van der Waals surface area contributed by atoms with Crippen LogP contribution in [0, 0.1) is 5.92 Å². The molecule has 6 heteroatoms. The van der Waals surface area contributed by atoms with Gasteiger partial charge in [0.2, 0.25) is 0 Å². The maximum atomic E-state index is 6.21. The zero-order valence-electron chi connectivity index (χ0n) is 12.6. The van der Waals surface area contributed by atoms with Crippen molar-refractivity contribution in [3.63, 3.8) is 0 Å². The highest BCUT2D eigenvalue weighted by Crippen LogP contribution is 2.32. The largest absolute Gasteiger partial charge is 0.372 e. The predicted octanol–water partition coefficient (Wildman–Crippen LogP) is 3.28. The number of halogens is 1. The van der Waals surface area contributed by atoms with Gasteiger partial charge < -0.3 is 10.1 Å². The first-order chi connectivity index (χ1) is 10.8. The van der Waals surface area contributed by atoms with E-state index in [1.165, 1.54) is 0 Å². The average molecular weight is 321 g/mol. The van der Waals surface area contributed by atoms with E-state index >= 15 is 0 Å². The summed E-state index contributed by atoms with van der Waals surface area (Å²) in [4.78, 5) is 4.03. The molecule has 1 aliphatic rings. The highest BCUT2D eigenvalue weighted by molar-refractivity contribution is 6.31. The highest BCUT2D eigenvalue weighted by Gasteiger charge is 2.28. The fourth-order valence-corrected chi connectivity index (χ4v) is 3.28. The van der Waals surface area contributed by atoms with Crippen molar-refractivity contribution < 1.29 is 4.74 Å². The first-order valence-corrected chi connectivity index (χ1v) is 8.07. The number of pyridine rings is 1. The lowest BCUT2D eigenvalue weighted by Crippen LogP contribution is -2.33. The van der Waals surface area contributed by atoms with Gasteiger partial charge in [-0.05, 0) is 37.5 Å². The maximum Gasteiger partial charge on any atom is 0.103 e. The van der Waals surface area contributed by atoms with Gasteiger partial charge in [0, 0.05) is 43.7 Å². The molecule has 0 bridgehead atoms. The first-order valence-electron chi connectivity index (χ1n) is 7.69. The van der Waals surface area contributed by atoms with Crippen molar-refractivity contribution in [3.8, 4) is 0 Å². The van der Waals surface area contributed by atoms with Crippen LogP contribution >= 0.6 is 11.6 Å². The molecule has 3 rings (SSSR count). The molecule has 2 aromatic rings. The second-order valence-corrected chi connectivity index (χ2v) is 6.14. The summed E-state index contributed by atoms with van der Waals surface area (Å²) < 4.78 is 5.95. The van der Waals surface area contributed by atoms with Gasteiger partial charge >= 0.3 is 0 Å². The van der Waals surface area contributed by atoms with Crippen molar-refractivity contribution in [2.75, 3.05) is 13.2 Å². The molecule has 3 atom stereocenters. The Hall–Kier alpha value is -1.43. The van der Waals surface area contributed by atoms with Crippen LogP contribution in [0.15, 0.2) is 30.7 Å². The number of hydrogen-bond acceptors (Lipinski definition) is 4.